The molecular formula is C16H28IN3S. The van der Waals surface area contributed by atoms with Gasteiger partial charge in [-0.3, -0.25) is 0 Å². The number of aromatic nitrogens is 2. The standard InChI is InChI=1S/C16H28IN3S/c1-7-9-18-15-13(17)14(16(4,5)6)19-12(20-15)10-21-11(3)8-2/h11H,7-10H2,1-6H3,(H,18,19,20). The summed E-state index contributed by atoms with van der Waals surface area (Å²) in [5, 5.41) is 4.10. The molecule has 5 heteroatoms. The summed E-state index contributed by atoms with van der Waals surface area (Å²) in [6.07, 6.45) is 2.28. The van der Waals surface area contributed by atoms with Gasteiger partial charge >= 0.3 is 0 Å². The zero-order valence-electron chi connectivity index (χ0n) is 14.1. The lowest BCUT2D eigenvalue weighted by Crippen LogP contribution is -2.20. The lowest BCUT2D eigenvalue weighted by Gasteiger charge is -2.22. The van der Waals surface area contributed by atoms with Crippen LogP contribution in [-0.4, -0.2) is 21.8 Å². The Morgan fingerprint density at radius 3 is 2.43 bits per heavy atom. The maximum Gasteiger partial charge on any atom is 0.143 e. The van der Waals surface area contributed by atoms with Gasteiger partial charge in [0.2, 0.25) is 0 Å². The Balaban J connectivity index is 3.07. The molecule has 0 aromatic carbocycles. The highest BCUT2D eigenvalue weighted by atomic mass is 127. The van der Waals surface area contributed by atoms with Crippen molar-refractivity contribution in [1.29, 1.82) is 0 Å². The highest BCUT2D eigenvalue weighted by Gasteiger charge is 2.23. The maximum absolute atomic E-state index is 4.84. The summed E-state index contributed by atoms with van der Waals surface area (Å²) in [5.74, 6) is 2.83. The minimum absolute atomic E-state index is 0.0396. The van der Waals surface area contributed by atoms with Gasteiger partial charge in [-0.15, -0.1) is 0 Å². The number of nitrogens with zero attached hydrogens (tertiary/aromatic N) is 2. The van der Waals surface area contributed by atoms with E-state index in [0.717, 1.165) is 39.6 Å². The van der Waals surface area contributed by atoms with E-state index in [1.807, 2.05) is 11.8 Å². The largest absolute Gasteiger partial charge is 0.369 e. The molecule has 0 aliphatic rings. The topological polar surface area (TPSA) is 37.8 Å². The first kappa shape index (κ1) is 19.0. The fourth-order valence-electron chi connectivity index (χ4n) is 1.75. The molecule has 0 amide bonds. The summed E-state index contributed by atoms with van der Waals surface area (Å²) < 4.78 is 1.16. The number of hydrogen-bond donors (Lipinski definition) is 1. The van der Waals surface area contributed by atoms with Crippen molar-refractivity contribution in [2.45, 2.75) is 70.8 Å². The van der Waals surface area contributed by atoms with E-state index in [1.165, 1.54) is 6.42 Å². The molecule has 1 atom stereocenters. The molecule has 1 heterocycles. The summed E-state index contributed by atoms with van der Waals surface area (Å²) in [6.45, 7) is 14.3. The van der Waals surface area contributed by atoms with Crippen molar-refractivity contribution >= 4 is 40.2 Å². The van der Waals surface area contributed by atoms with Crippen LogP contribution in [-0.2, 0) is 11.2 Å². The molecule has 1 rings (SSSR count). The molecule has 0 bridgehead atoms. The van der Waals surface area contributed by atoms with Crippen LogP contribution in [0, 0.1) is 3.57 Å². The lowest BCUT2D eigenvalue weighted by atomic mass is 9.92. The van der Waals surface area contributed by atoms with E-state index in [1.54, 1.807) is 0 Å². The molecule has 1 N–H and O–H groups in total. The van der Waals surface area contributed by atoms with E-state index in [0.29, 0.717) is 5.25 Å². The molecule has 3 nitrogen and oxygen atoms in total. The van der Waals surface area contributed by atoms with Gasteiger partial charge < -0.3 is 5.32 Å². The van der Waals surface area contributed by atoms with Crippen molar-refractivity contribution in [2.75, 3.05) is 11.9 Å². The molecule has 0 aliphatic heterocycles. The van der Waals surface area contributed by atoms with Crippen LogP contribution in [0.1, 0.15) is 65.9 Å². The lowest BCUT2D eigenvalue weighted by molar-refractivity contribution is 0.560. The Kier molecular flexibility index (Phi) is 7.74. The normalized spacial score (nSPS) is 13.3. The number of halogens is 1. The number of rotatable bonds is 7. The Hall–Kier alpha value is -0.0400. The van der Waals surface area contributed by atoms with Crippen molar-refractivity contribution in [1.82, 2.24) is 9.97 Å². The van der Waals surface area contributed by atoms with E-state index < -0.39 is 0 Å². The van der Waals surface area contributed by atoms with Crippen LogP contribution >= 0.6 is 34.4 Å². The van der Waals surface area contributed by atoms with E-state index in [4.69, 9.17) is 9.97 Å². The first-order valence-electron chi connectivity index (χ1n) is 7.71. The van der Waals surface area contributed by atoms with Gasteiger partial charge in [0.15, 0.2) is 0 Å². The molecule has 0 saturated heterocycles. The molecule has 0 saturated carbocycles. The van der Waals surface area contributed by atoms with Crippen molar-refractivity contribution < 1.29 is 0 Å². The number of anilines is 1. The molecule has 0 spiro atoms. The van der Waals surface area contributed by atoms with Crippen molar-refractivity contribution in [2.24, 2.45) is 0 Å². The van der Waals surface area contributed by atoms with Crippen LogP contribution in [0.2, 0.25) is 0 Å². The molecule has 1 aromatic rings. The Morgan fingerprint density at radius 2 is 1.90 bits per heavy atom. The van der Waals surface area contributed by atoms with Crippen LogP contribution in [0.3, 0.4) is 0 Å². The van der Waals surface area contributed by atoms with E-state index in [2.05, 4.69) is 69.5 Å². The van der Waals surface area contributed by atoms with Crippen LogP contribution in [0.25, 0.3) is 0 Å². The van der Waals surface area contributed by atoms with Crippen molar-refractivity contribution in [3.8, 4) is 0 Å². The van der Waals surface area contributed by atoms with E-state index in [9.17, 15) is 0 Å². The average Bonchev–Trinajstić information content (AvgIpc) is 2.43. The van der Waals surface area contributed by atoms with Gasteiger partial charge in [-0.2, -0.15) is 11.8 Å². The molecule has 120 valence electrons. The fourth-order valence-corrected chi connectivity index (χ4v) is 3.79. The van der Waals surface area contributed by atoms with Gasteiger partial charge in [0.1, 0.15) is 11.6 Å². The van der Waals surface area contributed by atoms with Gasteiger partial charge in [0.05, 0.1) is 15.0 Å². The minimum atomic E-state index is 0.0396. The molecule has 21 heavy (non-hydrogen) atoms. The zero-order chi connectivity index (χ0) is 16.0. The molecule has 1 aromatic heterocycles. The Morgan fingerprint density at radius 1 is 1.24 bits per heavy atom. The summed E-state index contributed by atoms with van der Waals surface area (Å²) in [5.41, 5.74) is 1.19. The number of hydrogen-bond acceptors (Lipinski definition) is 4. The van der Waals surface area contributed by atoms with Crippen LogP contribution in [0.4, 0.5) is 5.82 Å². The predicted octanol–water partition coefficient (Wildman–Crippen LogP) is 5.23. The highest BCUT2D eigenvalue weighted by Crippen LogP contribution is 2.30. The molecular weight excluding hydrogens is 393 g/mol. The van der Waals surface area contributed by atoms with Gasteiger partial charge in [-0.25, -0.2) is 9.97 Å². The summed E-state index contributed by atoms with van der Waals surface area (Å²) in [4.78, 5) is 9.58. The summed E-state index contributed by atoms with van der Waals surface area (Å²) >= 11 is 4.31. The van der Waals surface area contributed by atoms with Gasteiger partial charge in [-0.1, -0.05) is 41.5 Å². The SMILES string of the molecule is CCCNc1nc(CSC(C)CC)nc(C(C)(C)C)c1I. The third-order valence-electron chi connectivity index (χ3n) is 3.22. The molecule has 0 radical (unpaired) electrons. The molecule has 0 aliphatic carbocycles. The molecule has 1 unspecified atom stereocenters. The second-order valence-corrected chi connectivity index (χ2v) is 8.86. The predicted molar refractivity (Wildman–Crippen MR) is 103 cm³/mol. The fraction of sp³-hybridized carbons (Fsp3) is 0.750. The maximum atomic E-state index is 4.84. The molecule has 0 fully saturated rings. The Labute approximate surface area is 147 Å². The van der Waals surface area contributed by atoms with E-state index in [-0.39, 0.29) is 5.41 Å². The van der Waals surface area contributed by atoms with Gasteiger partial charge in [0.25, 0.3) is 0 Å². The smallest absolute Gasteiger partial charge is 0.143 e. The monoisotopic (exact) mass is 421 g/mol. The Bertz CT molecular complexity index is 458. The van der Waals surface area contributed by atoms with E-state index >= 15 is 0 Å². The summed E-state index contributed by atoms with van der Waals surface area (Å²) in [6, 6.07) is 0. The first-order chi connectivity index (χ1) is 9.79. The van der Waals surface area contributed by atoms with Crippen LogP contribution in [0.5, 0.6) is 0 Å². The van der Waals surface area contributed by atoms with Crippen LogP contribution in [0.15, 0.2) is 0 Å². The average molecular weight is 421 g/mol. The number of nitrogens with one attached hydrogen (secondary N) is 1. The quantitative estimate of drug-likeness (QED) is 0.612. The first-order valence-corrected chi connectivity index (χ1v) is 9.84. The van der Waals surface area contributed by atoms with Gasteiger partial charge in [0, 0.05) is 17.2 Å². The van der Waals surface area contributed by atoms with Crippen LogP contribution < -0.4 is 5.32 Å². The second kappa shape index (κ2) is 8.56. The minimum Gasteiger partial charge on any atom is -0.369 e. The van der Waals surface area contributed by atoms with Crippen molar-refractivity contribution in [3.63, 3.8) is 0 Å². The van der Waals surface area contributed by atoms with Crippen molar-refractivity contribution in [3.05, 3.63) is 15.1 Å². The third-order valence-corrected chi connectivity index (χ3v) is 5.57. The summed E-state index contributed by atoms with van der Waals surface area (Å²) in [7, 11) is 0. The third kappa shape index (κ3) is 5.93. The number of thioether (sulfide) groups is 1. The highest BCUT2D eigenvalue weighted by molar-refractivity contribution is 14.1. The zero-order valence-corrected chi connectivity index (χ0v) is 17.1. The second-order valence-electron chi connectivity index (χ2n) is 6.36. The van der Waals surface area contributed by atoms with Gasteiger partial charge in [-0.05, 0) is 35.4 Å².